The third-order valence-corrected chi connectivity index (χ3v) is 5.57. The van der Waals surface area contributed by atoms with Crippen LogP contribution in [0, 0.1) is 0 Å². The molecule has 0 bridgehead atoms. The zero-order valence-electron chi connectivity index (χ0n) is 14.7. The van der Waals surface area contributed by atoms with E-state index in [-0.39, 0.29) is 10.6 Å². The number of hydrogen-bond donors (Lipinski definition) is 1. The van der Waals surface area contributed by atoms with Gasteiger partial charge in [-0.1, -0.05) is 17.7 Å². The molecule has 0 unspecified atom stereocenters. The molecule has 2 aromatic rings. The maximum absolute atomic E-state index is 12.6. The first-order valence-electron chi connectivity index (χ1n) is 8.08. The SMILES string of the molecule is O=C(COC(=O)CCS(=O)(=O)c1ccc(Cl)cc1)Nc1cccc(C(F)(F)F)c1. The summed E-state index contributed by atoms with van der Waals surface area (Å²) in [7, 11) is -3.74. The van der Waals surface area contributed by atoms with Gasteiger partial charge in [0.2, 0.25) is 0 Å². The molecule has 0 atom stereocenters. The van der Waals surface area contributed by atoms with E-state index in [2.05, 4.69) is 10.1 Å². The zero-order valence-corrected chi connectivity index (χ0v) is 16.3. The number of ether oxygens (including phenoxy) is 1. The number of sulfone groups is 1. The van der Waals surface area contributed by atoms with E-state index in [0.29, 0.717) is 5.02 Å². The Kier molecular flexibility index (Phi) is 7.26. The summed E-state index contributed by atoms with van der Waals surface area (Å²) >= 11 is 5.69. The average Bonchev–Trinajstić information content (AvgIpc) is 2.65. The lowest BCUT2D eigenvalue weighted by atomic mass is 10.2. The van der Waals surface area contributed by atoms with E-state index >= 15 is 0 Å². The van der Waals surface area contributed by atoms with E-state index in [0.717, 1.165) is 18.2 Å². The average molecular weight is 450 g/mol. The second kappa shape index (κ2) is 9.27. The highest BCUT2D eigenvalue weighted by Gasteiger charge is 2.30. The van der Waals surface area contributed by atoms with Crippen LogP contribution in [-0.4, -0.2) is 32.7 Å². The fourth-order valence-electron chi connectivity index (χ4n) is 2.17. The normalized spacial score (nSPS) is 11.7. The smallest absolute Gasteiger partial charge is 0.416 e. The lowest BCUT2D eigenvalue weighted by molar-refractivity contribution is -0.146. The molecule has 2 aromatic carbocycles. The van der Waals surface area contributed by atoms with Gasteiger partial charge in [-0.3, -0.25) is 9.59 Å². The van der Waals surface area contributed by atoms with Crippen LogP contribution in [0.2, 0.25) is 5.02 Å². The molecule has 6 nitrogen and oxygen atoms in total. The van der Waals surface area contributed by atoms with Crippen LogP contribution in [0.3, 0.4) is 0 Å². The molecule has 0 saturated heterocycles. The van der Waals surface area contributed by atoms with Gasteiger partial charge in [-0.05, 0) is 42.5 Å². The van der Waals surface area contributed by atoms with Crippen LogP contribution < -0.4 is 5.32 Å². The van der Waals surface area contributed by atoms with Crippen LogP contribution in [0.5, 0.6) is 0 Å². The van der Waals surface area contributed by atoms with Crippen LogP contribution in [0.25, 0.3) is 0 Å². The second-order valence-corrected chi connectivity index (χ2v) is 8.36. The quantitative estimate of drug-likeness (QED) is 0.651. The number of halogens is 4. The van der Waals surface area contributed by atoms with E-state index in [1.807, 2.05) is 0 Å². The van der Waals surface area contributed by atoms with Gasteiger partial charge in [0, 0.05) is 10.7 Å². The van der Waals surface area contributed by atoms with E-state index < -0.39 is 52.2 Å². The van der Waals surface area contributed by atoms with Crippen molar-refractivity contribution >= 4 is 39.0 Å². The number of nitrogens with one attached hydrogen (secondary N) is 1. The van der Waals surface area contributed by atoms with Crippen molar-refractivity contribution in [3.63, 3.8) is 0 Å². The summed E-state index contributed by atoms with van der Waals surface area (Å²) in [4.78, 5) is 23.4. The minimum absolute atomic E-state index is 0.0167. The Labute approximate surface area is 169 Å². The van der Waals surface area contributed by atoms with Crippen LogP contribution in [0.4, 0.5) is 18.9 Å². The van der Waals surface area contributed by atoms with Crippen molar-refractivity contribution in [3.05, 3.63) is 59.1 Å². The molecule has 1 N–H and O–H groups in total. The minimum atomic E-state index is -4.57. The molecule has 0 aliphatic carbocycles. The molecule has 2 rings (SSSR count). The van der Waals surface area contributed by atoms with Gasteiger partial charge in [0.15, 0.2) is 16.4 Å². The van der Waals surface area contributed by atoms with Gasteiger partial charge in [-0.2, -0.15) is 13.2 Å². The Morgan fingerprint density at radius 3 is 2.34 bits per heavy atom. The molecular formula is C18H15ClF3NO5S. The standard InChI is InChI=1S/C18H15ClF3NO5S/c19-13-4-6-15(7-5-13)29(26,27)9-8-17(25)28-11-16(24)23-14-3-1-2-12(10-14)18(20,21)22/h1-7,10H,8-9,11H2,(H,23,24). The number of esters is 1. The van der Waals surface area contributed by atoms with Crippen molar-refractivity contribution in [2.24, 2.45) is 0 Å². The number of benzene rings is 2. The van der Waals surface area contributed by atoms with Crippen LogP contribution in [0.15, 0.2) is 53.4 Å². The Morgan fingerprint density at radius 2 is 1.72 bits per heavy atom. The summed E-state index contributed by atoms with van der Waals surface area (Å²) in [6, 6.07) is 9.32. The molecule has 156 valence electrons. The van der Waals surface area contributed by atoms with Crippen molar-refractivity contribution in [3.8, 4) is 0 Å². The second-order valence-electron chi connectivity index (χ2n) is 5.81. The van der Waals surface area contributed by atoms with Crippen molar-refractivity contribution in [2.75, 3.05) is 17.7 Å². The van der Waals surface area contributed by atoms with E-state index in [9.17, 15) is 31.2 Å². The topological polar surface area (TPSA) is 89.5 Å². The minimum Gasteiger partial charge on any atom is -0.456 e. The Bertz CT molecular complexity index is 991. The van der Waals surface area contributed by atoms with Crippen molar-refractivity contribution < 1.29 is 35.9 Å². The van der Waals surface area contributed by atoms with Crippen molar-refractivity contribution in [1.29, 1.82) is 0 Å². The van der Waals surface area contributed by atoms with Crippen molar-refractivity contribution in [2.45, 2.75) is 17.5 Å². The number of carbonyl (C=O) groups excluding carboxylic acids is 2. The molecular weight excluding hydrogens is 435 g/mol. The monoisotopic (exact) mass is 449 g/mol. The molecule has 0 aliphatic rings. The summed E-state index contributed by atoms with van der Waals surface area (Å²) < 4.78 is 66.8. The number of carbonyl (C=O) groups is 2. The summed E-state index contributed by atoms with van der Waals surface area (Å²) in [5.41, 5.74) is -1.06. The molecule has 0 saturated carbocycles. The van der Waals surface area contributed by atoms with Crippen LogP contribution in [0.1, 0.15) is 12.0 Å². The molecule has 0 aliphatic heterocycles. The van der Waals surface area contributed by atoms with E-state index in [4.69, 9.17) is 11.6 Å². The highest BCUT2D eigenvalue weighted by molar-refractivity contribution is 7.91. The summed E-state index contributed by atoms with van der Waals surface area (Å²) in [5, 5.41) is 2.52. The lowest BCUT2D eigenvalue weighted by Crippen LogP contribution is -2.22. The summed E-state index contributed by atoms with van der Waals surface area (Å²) in [6.45, 7) is -0.768. The van der Waals surface area contributed by atoms with Gasteiger partial charge in [-0.25, -0.2) is 8.42 Å². The Hall–Kier alpha value is -2.59. The molecule has 1 amide bonds. The summed E-state index contributed by atoms with van der Waals surface area (Å²) in [5.74, 6) is -2.34. The molecule has 0 aromatic heterocycles. The highest BCUT2D eigenvalue weighted by Crippen LogP contribution is 2.30. The Morgan fingerprint density at radius 1 is 1.07 bits per heavy atom. The first-order chi connectivity index (χ1) is 13.5. The summed E-state index contributed by atoms with van der Waals surface area (Å²) in [6.07, 6.45) is -5.06. The van der Waals surface area contributed by atoms with Crippen LogP contribution >= 0.6 is 11.6 Å². The number of alkyl halides is 3. The largest absolute Gasteiger partial charge is 0.456 e. The molecule has 29 heavy (non-hydrogen) atoms. The van der Waals surface area contributed by atoms with Gasteiger partial charge in [0.1, 0.15) is 0 Å². The van der Waals surface area contributed by atoms with Gasteiger partial charge >= 0.3 is 12.1 Å². The molecule has 0 fully saturated rings. The fourth-order valence-corrected chi connectivity index (χ4v) is 3.51. The number of amides is 1. The molecule has 0 radical (unpaired) electrons. The highest BCUT2D eigenvalue weighted by atomic mass is 35.5. The van der Waals surface area contributed by atoms with E-state index in [1.54, 1.807) is 0 Å². The van der Waals surface area contributed by atoms with Crippen molar-refractivity contribution in [1.82, 2.24) is 0 Å². The first kappa shape index (κ1) is 22.7. The molecule has 11 heteroatoms. The fraction of sp³-hybridized carbons (Fsp3) is 0.222. The van der Waals surface area contributed by atoms with Gasteiger partial charge in [0.25, 0.3) is 5.91 Å². The third-order valence-electron chi connectivity index (χ3n) is 3.59. The third kappa shape index (κ3) is 7.06. The zero-order chi connectivity index (χ0) is 21.7. The number of anilines is 1. The van der Waals surface area contributed by atoms with Gasteiger partial charge in [0.05, 0.1) is 22.6 Å². The Balaban J connectivity index is 1.83. The predicted octanol–water partition coefficient (Wildman–Crippen LogP) is 3.70. The molecule has 0 heterocycles. The van der Waals surface area contributed by atoms with Crippen LogP contribution in [-0.2, 0) is 30.3 Å². The maximum Gasteiger partial charge on any atom is 0.416 e. The van der Waals surface area contributed by atoms with Gasteiger partial charge in [-0.15, -0.1) is 0 Å². The maximum atomic E-state index is 12.6. The number of hydrogen-bond acceptors (Lipinski definition) is 5. The lowest BCUT2D eigenvalue weighted by Gasteiger charge is -2.10. The predicted molar refractivity (Wildman–Crippen MR) is 99.2 cm³/mol. The van der Waals surface area contributed by atoms with E-state index in [1.165, 1.54) is 30.3 Å². The number of rotatable bonds is 7. The first-order valence-corrected chi connectivity index (χ1v) is 10.1. The molecule has 0 spiro atoms. The van der Waals surface area contributed by atoms with Gasteiger partial charge < -0.3 is 10.1 Å².